The molecule has 1 aliphatic carbocycles. The molecule has 0 radical (unpaired) electrons. The summed E-state index contributed by atoms with van der Waals surface area (Å²) in [6, 6.07) is 14.5. The number of nitrogens with one attached hydrogen (secondary N) is 1. The van der Waals surface area contributed by atoms with Gasteiger partial charge >= 0.3 is 0 Å². The van der Waals surface area contributed by atoms with Crippen LogP contribution in [0.3, 0.4) is 0 Å². The van der Waals surface area contributed by atoms with Crippen LogP contribution in [0.15, 0.2) is 48.5 Å². The van der Waals surface area contributed by atoms with E-state index < -0.39 is 0 Å². The summed E-state index contributed by atoms with van der Waals surface area (Å²) in [5, 5.41) is 3.31. The second-order valence-electron chi connectivity index (χ2n) is 6.91. The predicted octanol–water partition coefficient (Wildman–Crippen LogP) is 3.46. The third kappa shape index (κ3) is 3.42. The number of nitrogens with zero attached hydrogens (tertiary/aromatic N) is 1. The van der Waals surface area contributed by atoms with Gasteiger partial charge in [-0.05, 0) is 53.6 Å². The van der Waals surface area contributed by atoms with Crippen LogP contribution in [0.1, 0.15) is 17.5 Å². The Morgan fingerprint density at radius 2 is 1.62 bits per heavy atom. The van der Waals surface area contributed by atoms with Crippen molar-refractivity contribution in [1.29, 1.82) is 0 Å². The van der Waals surface area contributed by atoms with Crippen LogP contribution in [-0.2, 0) is 17.8 Å². The molecule has 3 nitrogen and oxygen atoms in total. The molecule has 1 saturated carbocycles. The molecule has 0 bridgehead atoms. The van der Waals surface area contributed by atoms with E-state index in [4.69, 9.17) is 0 Å². The van der Waals surface area contributed by atoms with E-state index in [9.17, 15) is 9.18 Å². The number of benzene rings is 2. The van der Waals surface area contributed by atoms with E-state index in [-0.39, 0.29) is 11.7 Å². The number of amides is 1. The van der Waals surface area contributed by atoms with Gasteiger partial charge in [-0.25, -0.2) is 4.39 Å². The first-order chi connectivity index (χ1) is 11.7. The van der Waals surface area contributed by atoms with E-state index in [1.807, 2.05) is 29.2 Å². The molecule has 2 aromatic carbocycles. The summed E-state index contributed by atoms with van der Waals surface area (Å²) in [7, 11) is 0. The molecular weight excluding hydrogens is 303 g/mol. The van der Waals surface area contributed by atoms with Crippen LogP contribution < -0.4 is 5.32 Å². The van der Waals surface area contributed by atoms with E-state index in [0.717, 1.165) is 41.7 Å². The summed E-state index contributed by atoms with van der Waals surface area (Å²) in [5.41, 5.74) is 3.08. The topological polar surface area (TPSA) is 32.3 Å². The third-order valence-corrected chi connectivity index (χ3v) is 5.05. The van der Waals surface area contributed by atoms with Crippen molar-refractivity contribution in [1.82, 2.24) is 4.90 Å². The highest BCUT2D eigenvalue weighted by Gasteiger charge is 2.46. The second kappa shape index (κ2) is 6.27. The minimum Gasteiger partial charge on any atom is -0.381 e. The maximum Gasteiger partial charge on any atom is 0.227 e. The molecule has 2 unspecified atom stereocenters. The number of carbonyl (C=O) groups is 1. The van der Waals surface area contributed by atoms with E-state index in [2.05, 4.69) is 5.32 Å². The third-order valence-electron chi connectivity index (χ3n) is 5.05. The lowest BCUT2D eigenvalue weighted by atomic mass is 10.1. The molecule has 0 aromatic heterocycles. The predicted molar refractivity (Wildman–Crippen MR) is 92.0 cm³/mol. The number of anilines is 1. The number of rotatable bonds is 5. The maximum absolute atomic E-state index is 12.9. The summed E-state index contributed by atoms with van der Waals surface area (Å²) in [4.78, 5) is 14.3. The molecule has 124 valence electrons. The Morgan fingerprint density at radius 1 is 1.00 bits per heavy atom. The molecule has 1 saturated heterocycles. The van der Waals surface area contributed by atoms with Gasteiger partial charge in [0.15, 0.2) is 0 Å². The minimum atomic E-state index is -0.219. The van der Waals surface area contributed by atoms with E-state index in [0.29, 0.717) is 13.0 Å². The van der Waals surface area contributed by atoms with Gasteiger partial charge in [0, 0.05) is 25.3 Å². The molecule has 24 heavy (non-hydrogen) atoms. The molecular formula is C20H21FN2O. The summed E-state index contributed by atoms with van der Waals surface area (Å²) < 4.78 is 12.9. The van der Waals surface area contributed by atoms with Crippen LogP contribution in [0.25, 0.3) is 0 Å². The zero-order valence-electron chi connectivity index (χ0n) is 13.5. The average Bonchev–Trinajstić information content (AvgIpc) is 3.21. The van der Waals surface area contributed by atoms with Crippen molar-refractivity contribution in [3.8, 4) is 0 Å². The quantitative estimate of drug-likeness (QED) is 0.913. The molecule has 1 aliphatic heterocycles. The van der Waals surface area contributed by atoms with Gasteiger partial charge in [-0.15, -0.1) is 0 Å². The first-order valence-corrected chi connectivity index (χ1v) is 8.52. The second-order valence-corrected chi connectivity index (χ2v) is 6.91. The number of hydrogen-bond acceptors (Lipinski definition) is 2. The van der Waals surface area contributed by atoms with Gasteiger partial charge in [-0.3, -0.25) is 4.79 Å². The van der Waals surface area contributed by atoms with Crippen LogP contribution in [0.4, 0.5) is 10.1 Å². The van der Waals surface area contributed by atoms with Gasteiger partial charge < -0.3 is 10.2 Å². The van der Waals surface area contributed by atoms with Crippen LogP contribution in [0.2, 0.25) is 0 Å². The lowest BCUT2D eigenvalue weighted by Crippen LogP contribution is -2.31. The molecule has 4 heteroatoms. The number of piperidine rings is 1. The summed E-state index contributed by atoms with van der Waals surface area (Å²) in [6.45, 7) is 2.57. The largest absolute Gasteiger partial charge is 0.381 e. The summed E-state index contributed by atoms with van der Waals surface area (Å²) in [5.74, 6) is 1.59. The average molecular weight is 324 g/mol. The highest BCUT2D eigenvalue weighted by atomic mass is 19.1. The van der Waals surface area contributed by atoms with Crippen LogP contribution >= 0.6 is 0 Å². The molecule has 2 atom stereocenters. The summed E-state index contributed by atoms with van der Waals surface area (Å²) in [6.07, 6.45) is 1.80. The van der Waals surface area contributed by atoms with Crippen molar-refractivity contribution < 1.29 is 9.18 Å². The van der Waals surface area contributed by atoms with E-state index in [1.165, 1.54) is 18.6 Å². The van der Waals surface area contributed by atoms with Gasteiger partial charge in [0.1, 0.15) is 5.82 Å². The Bertz CT molecular complexity index is 716. The molecule has 4 rings (SSSR count). The smallest absolute Gasteiger partial charge is 0.227 e. The highest BCUT2D eigenvalue weighted by molar-refractivity contribution is 5.79. The Balaban J connectivity index is 1.29. The molecule has 2 fully saturated rings. The highest BCUT2D eigenvalue weighted by Crippen LogP contribution is 2.44. The number of carbonyl (C=O) groups excluding carboxylic acids is 1. The zero-order chi connectivity index (χ0) is 16.5. The minimum absolute atomic E-state index is 0.219. The van der Waals surface area contributed by atoms with Crippen LogP contribution in [0.5, 0.6) is 0 Å². The van der Waals surface area contributed by atoms with Gasteiger partial charge in [-0.2, -0.15) is 0 Å². The molecule has 1 amide bonds. The van der Waals surface area contributed by atoms with E-state index in [1.54, 1.807) is 12.1 Å². The van der Waals surface area contributed by atoms with Crippen molar-refractivity contribution in [2.24, 2.45) is 11.8 Å². The van der Waals surface area contributed by atoms with Crippen LogP contribution in [-0.4, -0.2) is 23.9 Å². The van der Waals surface area contributed by atoms with E-state index >= 15 is 0 Å². The fourth-order valence-corrected chi connectivity index (χ4v) is 3.44. The van der Waals surface area contributed by atoms with Gasteiger partial charge in [0.2, 0.25) is 5.91 Å². The fourth-order valence-electron chi connectivity index (χ4n) is 3.44. The number of halogens is 1. The Hall–Kier alpha value is -2.36. The van der Waals surface area contributed by atoms with Gasteiger partial charge in [0.25, 0.3) is 0 Å². The SMILES string of the molecule is O=C(Cc1ccc(NCc2ccc(F)cc2)cc1)N1CC2CC2C1. The van der Waals surface area contributed by atoms with Gasteiger partial charge in [0.05, 0.1) is 6.42 Å². The standard InChI is InChI=1S/C20H21FN2O/c21-18-5-1-15(2-6-18)11-22-19-7-3-14(4-8-19)9-20(24)23-12-16-10-17(16)13-23/h1-8,16-17,22H,9-13H2. The zero-order valence-corrected chi connectivity index (χ0v) is 13.5. The normalized spacial score (nSPS) is 21.5. The van der Waals surface area contributed by atoms with Crippen molar-refractivity contribution in [2.75, 3.05) is 18.4 Å². The number of likely N-dealkylation sites (tertiary alicyclic amines) is 1. The van der Waals surface area contributed by atoms with Crippen molar-refractivity contribution >= 4 is 11.6 Å². The van der Waals surface area contributed by atoms with Gasteiger partial charge in [-0.1, -0.05) is 24.3 Å². The van der Waals surface area contributed by atoms with Crippen molar-refractivity contribution in [3.05, 3.63) is 65.5 Å². The molecule has 2 aliphatic rings. The number of hydrogen-bond donors (Lipinski definition) is 1. The lowest BCUT2D eigenvalue weighted by Gasteiger charge is -2.18. The van der Waals surface area contributed by atoms with Crippen LogP contribution in [0, 0.1) is 17.7 Å². The molecule has 1 heterocycles. The Morgan fingerprint density at radius 3 is 2.29 bits per heavy atom. The maximum atomic E-state index is 12.9. The lowest BCUT2D eigenvalue weighted by molar-refractivity contribution is -0.129. The fraction of sp³-hybridized carbons (Fsp3) is 0.350. The monoisotopic (exact) mass is 324 g/mol. The first kappa shape index (κ1) is 15.2. The molecule has 0 spiro atoms. The van der Waals surface area contributed by atoms with Crippen molar-refractivity contribution in [2.45, 2.75) is 19.4 Å². The Kier molecular flexibility index (Phi) is 3.97. The molecule has 2 aromatic rings. The Labute approximate surface area is 141 Å². The number of fused-ring (bicyclic) bond motifs is 1. The first-order valence-electron chi connectivity index (χ1n) is 8.52. The molecule has 1 N–H and O–H groups in total. The summed E-state index contributed by atoms with van der Waals surface area (Å²) >= 11 is 0. The van der Waals surface area contributed by atoms with Crippen molar-refractivity contribution in [3.63, 3.8) is 0 Å².